The van der Waals surface area contributed by atoms with Gasteiger partial charge in [0.1, 0.15) is 6.10 Å². The fourth-order valence-corrected chi connectivity index (χ4v) is 5.27. The van der Waals surface area contributed by atoms with Gasteiger partial charge in [0, 0.05) is 43.2 Å². The van der Waals surface area contributed by atoms with Gasteiger partial charge in [-0.25, -0.2) is 13.4 Å². The third kappa shape index (κ3) is 4.04. The van der Waals surface area contributed by atoms with E-state index in [0.717, 1.165) is 6.42 Å². The van der Waals surface area contributed by atoms with Crippen LogP contribution in [-0.2, 0) is 14.8 Å². The van der Waals surface area contributed by atoms with Gasteiger partial charge in [-0.15, -0.1) is 0 Å². The Balaban J connectivity index is 1.40. The number of sulfonamides is 1. The van der Waals surface area contributed by atoms with Gasteiger partial charge >= 0.3 is 0 Å². The van der Waals surface area contributed by atoms with Crippen LogP contribution in [0.25, 0.3) is 0 Å². The predicted octanol–water partition coefficient (Wildman–Crippen LogP) is 1.46. The zero-order chi connectivity index (χ0) is 19.6. The first-order valence-electron chi connectivity index (χ1n) is 9.07. The molecule has 0 radical (unpaired) electrons. The summed E-state index contributed by atoms with van der Waals surface area (Å²) in [6.45, 7) is 2.58. The lowest BCUT2D eigenvalue weighted by Gasteiger charge is -2.26. The van der Waals surface area contributed by atoms with Crippen molar-refractivity contribution in [3.05, 3.63) is 41.4 Å². The van der Waals surface area contributed by atoms with Crippen molar-refractivity contribution in [1.82, 2.24) is 14.2 Å². The minimum Gasteiger partial charge on any atom is -0.465 e. The molecular formula is C18H21N3O5S2. The summed E-state index contributed by atoms with van der Waals surface area (Å²) in [6.07, 6.45) is 2.36. The second kappa shape index (κ2) is 8.16. The first-order valence-corrected chi connectivity index (χ1v) is 11.4. The maximum atomic E-state index is 12.7. The summed E-state index contributed by atoms with van der Waals surface area (Å²) in [6, 6.07) is 6.14. The molecule has 1 aromatic heterocycles. The Morgan fingerprint density at radius 2 is 1.93 bits per heavy atom. The van der Waals surface area contributed by atoms with E-state index < -0.39 is 10.0 Å². The molecule has 150 valence electrons. The van der Waals surface area contributed by atoms with Crippen LogP contribution in [0.3, 0.4) is 0 Å². The number of likely N-dealkylation sites (tertiary alicyclic amines) is 1. The number of hydrogen-bond acceptors (Lipinski definition) is 7. The van der Waals surface area contributed by atoms with Crippen LogP contribution in [0.2, 0.25) is 0 Å². The highest BCUT2D eigenvalue weighted by molar-refractivity contribution is 7.89. The number of amides is 1. The van der Waals surface area contributed by atoms with Gasteiger partial charge in [-0.3, -0.25) is 4.79 Å². The van der Waals surface area contributed by atoms with Crippen molar-refractivity contribution in [3.8, 4) is 5.19 Å². The summed E-state index contributed by atoms with van der Waals surface area (Å²) in [5, 5.41) is 2.46. The molecule has 8 nitrogen and oxygen atoms in total. The number of thiazole rings is 1. The topological polar surface area (TPSA) is 89.0 Å². The molecule has 0 spiro atoms. The largest absolute Gasteiger partial charge is 0.465 e. The minimum absolute atomic E-state index is 0.0731. The zero-order valence-electron chi connectivity index (χ0n) is 15.2. The van der Waals surface area contributed by atoms with E-state index in [1.54, 1.807) is 23.2 Å². The van der Waals surface area contributed by atoms with Gasteiger partial charge in [0.25, 0.3) is 11.1 Å². The van der Waals surface area contributed by atoms with Crippen molar-refractivity contribution in [3.63, 3.8) is 0 Å². The average Bonchev–Trinajstić information content (AvgIpc) is 3.41. The van der Waals surface area contributed by atoms with E-state index >= 15 is 0 Å². The molecule has 2 aliphatic heterocycles. The SMILES string of the molecule is O=C(c1ccc(S(=O)(=O)N2CCOCC2)cc1)N1CCC(Oc2nccs2)C1. The number of carbonyl (C=O) groups excluding carboxylic acids is 1. The molecule has 1 atom stereocenters. The first-order chi connectivity index (χ1) is 13.5. The van der Waals surface area contributed by atoms with Crippen molar-refractivity contribution in [1.29, 1.82) is 0 Å². The lowest BCUT2D eigenvalue weighted by Crippen LogP contribution is -2.40. The Labute approximate surface area is 167 Å². The molecule has 2 aromatic rings. The molecule has 1 amide bonds. The van der Waals surface area contributed by atoms with Crippen LogP contribution in [0.1, 0.15) is 16.8 Å². The van der Waals surface area contributed by atoms with Gasteiger partial charge in [0.05, 0.1) is 24.7 Å². The first kappa shape index (κ1) is 19.3. The number of carbonyl (C=O) groups is 1. The van der Waals surface area contributed by atoms with Crippen LogP contribution in [-0.4, -0.2) is 74.0 Å². The predicted molar refractivity (Wildman–Crippen MR) is 103 cm³/mol. The van der Waals surface area contributed by atoms with E-state index in [4.69, 9.17) is 9.47 Å². The number of benzene rings is 1. The van der Waals surface area contributed by atoms with Gasteiger partial charge in [-0.2, -0.15) is 4.31 Å². The second-order valence-corrected chi connectivity index (χ2v) is 9.41. The molecule has 10 heteroatoms. The molecule has 1 unspecified atom stereocenters. The third-order valence-corrected chi connectivity index (χ3v) is 7.39. The van der Waals surface area contributed by atoms with E-state index in [9.17, 15) is 13.2 Å². The van der Waals surface area contributed by atoms with E-state index in [0.29, 0.717) is 50.1 Å². The Kier molecular flexibility index (Phi) is 5.63. The molecule has 4 rings (SSSR count). The summed E-state index contributed by atoms with van der Waals surface area (Å²) in [5.41, 5.74) is 0.468. The van der Waals surface area contributed by atoms with Crippen molar-refractivity contribution in [2.45, 2.75) is 17.4 Å². The molecule has 0 bridgehead atoms. The molecule has 2 saturated heterocycles. The molecule has 1 aromatic carbocycles. The van der Waals surface area contributed by atoms with Crippen LogP contribution < -0.4 is 4.74 Å². The summed E-state index contributed by atoms with van der Waals surface area (Å²) in [4.78, 5) is 18.8. The van der Waals surface area contributed by atoms with Crippen molar-refractivity contribution in [2.75, 3.05) is 39.4 Å². The lowest BCUT2D eigenvalue weighted by atomic mass is 10.2. The molecule has 2 aliphatic rings. The highest BCUT2D eigenvalue weighted by Gasteiger charge is 2.30. The highest BCUT2D eigenvalue weighted by Crippen LogP contribution is 2.23. The van der Waals surface area contributed by atoms with Crippen LogP contribution in [0.15, 0.2) is 40.7 Å². The van der Waals surface area contributed by atoms with E-state index in [1.165, 1.54) is 27.8 Å². The number of nitrogens with zero attached hydrogens (tertiary/aromatic N) is 3. The quantitative estimate of drug-likeness (QED) is 0.723. The van der Waals surface area contributed by atoms with Gasteiger partial charge in [-0.1, -0.05) is 11.3 Å². The minimum atomic E-state index is -3.56. The monoisotopic (exact) mass is 423 g/mol. The highest BCUT2D eigenvalue weighted by atomic mass is 32.2. The van der Waals surface area contributed by atoms with E-state index in [1.807, 2.05) is 5.38 Å². The lowest BCUT2D eigenvalue weighted by molar-refractivity contribution is 0.0730. The van der Waals surface area contributed by atoms with Gasteiger partial charge in [0.15, 0.2) is 0 Å². The maximum Gasteiger partial charge on any atom is 0.273 e. The number of hydrogen-bond donors (Lipinski definition) is 0. The van der Waals surface area contributed by atoms with E-state index in [-0.39, 0.29) is 16.9 Å². The fraction of sp³-hybridized carbons (Fsp3) is 0.444. The molecule has 0 N–H and O–H groups in total. The van der Waals surface area contributed by atoms with Crippen LogP contribution in [0.5, 0.6) is 5.19 Å². The normalized spacial score (nSPS) is 21.0. The number of aromatic nitrogens is 1. The molecule has 3 heterocycles. The van der Waals surface area contributed by atoms with Gasteiger partial charge < -0.3 is 14.4 Å². The van der Waals surface area contributed by atoms with Gasteiger partial charge in [0.2, 0.25) is 10.0 Å². The zero-order valence-corrected chi connectivity index (χ0v) is 16.8. The molecule has 0 aliphatic carbocycles. The Hall–Kier alpha value is -2.01. The molecule has 28 heavy (non-hydrogen) atoms. The summed E-state index contributed by atoms with van der Waals surface area (Å²) in [7, 11) is -3.56. The van der Waals surface area contributed by atoms with E-state index in [2.05, 4.69) is 4.98 Å². The number of rotatable bonds is 5. The summed E-state index contributed by atoms with van der Waals surface area (Å²) >= 11 is 1.43. The Morgan fingerprint density at radius 3 is 2.61 bits per heavy atom. The Morgan fingerprint density at radius 1 is 1.18 bits per heavy atom. The van der Waals surface area contributed by atoms with Crippen LogP contribution >= 0.6 is 11.3 Å². The third-order valence-electron chi connectivity index (χ3n) is 4.82. The second-order valence-electron chi connectivity index (χ2n) is 6.62. The summed E-state index contributed by atoms with van der Waals surface area (Å²) in [5.74, 6) is -0.124. The molecule has 2 fully saturated rings. The standard InChI is InChI=1S/C18H21N3O5S2/c22-17(20-7-5-15(13-20)26-18-19-6-12-27-18)14-1-3-16(4-2-14)28(23,24)21-8-10-25-11-9-21/h1-4,6,12,15H,5,7-11,13H2. The summed E-state index contributed by atoms with van der Waals surface area (Å²) < 4.78 is 37.7. The van der Waals surface area contributed by atoms with Crippen molar-refractivity contribution < 1.29 is 22.7 Å². The maximum absolute atomic E-state index is 12.7. The Bertz CT molecular complexity index is 909. The van der Waals surface area contributed by atoms with Gasteiger partial charge in [-0.05, 0) is 24.3 Å². The van der Waals surface area contributed by atoms with Crippen molar-refractivity contribution >= 4 is 27.3 Å². The molecular weight excluding hydrogens is 402 g/mol. The number of ether oxygens (including phenoxy) is 2. The van der Waals surface area contributed by atoms with Crippen molar-refractivity contribution in [2.24, 2.45) is 0 Å². The smallest absolute Gasteiger partial charge is 0.273 e. The van der Waals surface area contributed by atoms with Crippen LogP contribution in [0.4, 0.5) is 0 Å². The fourth-order valence-electron chi connectivity index (χ4n) is 3.31. The average molecular weight is 424 g/mol. The molecule has 0 saturated carbocycles. The van der Waals surface area contributed by atoms with Crippen LogP contribution in [0, 0.1) is 0 Å². The number of morpholine rings is 1.